The molecule has 0 aliphatic carbocycles. The first kappa shape index (κ1) is 19.0. The summed E-state index contributed by atoms with van der Waals surface area (Å²) >= 11 is 0. The van der Waals surface area contributed by atoms with E-state index >= 15 is 0 Å². The lowest BCUT2D eigenvalue weighted by Gasteiger charge is -2.36. The highest BCUT2D eigenvalue weighted by atomic mass is 32.2. The topological polar surface area (TPSA) is 80.2 Å². The van der Waals surface area contributed by atoms with Crippen molar-refractivity contribution in [3.05, 3.63) is 24.3 Å². The predicted octanol–water partition coefficient (Wildman–Crippen LogP) is -0.908. The number of ether oxygens (including phenoxy) is 1. The summed E-state index contributed by atoms with van der Waals surface area (Å²) in [5, 5.41) is 2.92. The van der Waals surface area contributed by atoms with Gasteiger partial charge in [0, 0.05) is 6.04 Å². The largest absolute Gasteiger partial charge is 0.495 e. The van der Waals surface area contributed by atoms with Crippen molar-refractivity contribution in [1.29, 1.82) is 0 Å². The molecule has 1 amide bonds. The summed E-state index contributed by atoms with van der Waals surface area (Å²) in [6.07, 6.45) is 0.526. The van der Waals surface area contributed by atoms with Gasteiger partial charge < -0.3 is 19.9 Å². The molecule has 3 rings (SSSR count). The summed E-state index contributed by atoms with van der Waals surface area (Å²) in [4.78, 5) is 16.0. The summed E-state index contributed by atoms with van der Waals surface area (Å²) in [5.41, 5.74) is 1.09. The second-order valence-corrected chi connectivity index (χ2v) is 9.38. The van der Waals surface area contributed by atoms with Crippen molar-refractivity contribution in [1.82, 2.24) is 5.32 Å². The van der Waals surface area contributed by atoms with Crippen LogP contribution in [0.15, 0.2) is 24.3 Å². The van der Waals surface area contributed by atoms with Crippen molar-refractivity contribution in [3.8, 4) is 5.75 Å². The number of amides is 1. The molecule has 8 heteroatoms. The van der Waals surface area contributed by atoms with Crippen LogP contribution in [-0.4, -0.2) is 71.2 Å². The summed E-state index contributed by atoms with van der Waals surface area (Å²) in [5.74, 6) is 1.07. The molecule has 2 heterocycles. The number of benzene rings is 1. The first-order chi connectivity index (χ1) is 12.4. The van der Waals surface area contributed by atoms with Crippen molar-refractivity contribution < 1.29 is 22.8 Å². The third-order valence-electron chi connectivity index (χ3n) is 5.42. The van der Waals surface area contributed by atoms with Crippen LogP contribution in [0.25, 0.3) is 0 Å². The SMILES string of the molecule is COc1ccccc1N1CC[NH+]([C@@H](C)C(=O)N[C@H]2CCS(=O)(=O)C2)CC1. The maximum absolute atomic E-state index is 12.5. The van der Waals surface area contributed by atoms with E-state index in [9.17, 15) is 13.2 Å². The van der Waals surface area contributed by atoms with E-state index in [4.69, 9.17) is 4.74 Å². The van der Waals surface area contributed by atoms with E-state index in [2.05, 4.69) is 16.3 Å². The Kier molecular flexibility index (Phi) is 5.72. The van der Waals surface area contributed by atoms with Gasteiger partial charge in [0.1, 0.15) is 5.75 Å². The first-order valence-electron chi connectivity index (χ1n) is 9.13. The number of rotatable bonds is 5. The minimum absolute atomic E-state index is 0.0483. The number of sulfone groups is 1. The first-order valence-corrected chi connectivity index (χ1v) is 10.9. The van der Waals surface area contributed by atoms with Gasteiger partial charge in [0.25, 0.3) is 5.91 Å². The number of carbonyl (C=O) groups excluding carboxylic acids is 1. The van der Waals surface area contributed by atoms with Crippen molar-refractivity contribution in [2.24, 2.45) is 0 Å². The molecular formula is C18H28N3O4S+. The molecule has 26 heavy (non-hydrogen) atoms. The summed E-state index contributed by atoms with van der Waals surface area (Å²) in [6.45, 7) is 5.34. The number of hydrogen-bond acceptors (Lipinski definition) is 5. The molecule has 2 aliphatic heterocycles. The molecule has 1 aromatic rings. The number of anilines is 1. The maximum Gasteiger partial charge on any atom is 0.278 e. The molecule has 0 saturated carbocycles. The molecule has 7 nitrogen and oxygen atoms in total. The molecule has 1 aromatic carbocycles. The third-order valence-corrected chi connectivity index (χ3v) is 7.18. The standard InChI is InChI=1S/C18H27N3O4S/c1-14(18(22)19-15-7-12-26(23,24)13-15)20-8-10-21(11-9-20)16-5-3-4-6-17(16)25-2/h3-6,14-15H,7-13H2,1-2H3,(H,19,22)/p+1/t14-,15-/m0/s1. The number of piperazine rings is 1. The van der Waals surface area contributed by atoms with E-state index in [0.29, 0.717) is 6.42 Å². The molecule has 0 spiro atoms. The molecule has 2 saturated heterocycles. The van der Waals surface area contributed by atoms with Crippen LogP contribution in [0.4, 0.5) is 5.69 Å². The Bertz CT molecular complexity index is 745. The average Bonchev–Trinajstić information content (AvgIpc) is 2.99. The number of carbonyl (C=O) groups is 1. The molecule has 144 valence electrons. The molecule has 2 atom stereocenters. The van der Waals surface area contributed by atoms with Gasteiger partial charge >= 0.3 is 0 Å². The van der Waals surface area contributed by atoms with Crippen LogP contribution in [-0.2, 0) is 14.6 Å². The van der Waals surface area contributed by atoms with Crippen LogP contribution in [0.1, 0.15) is 13.3 Å². The highest BCUT2D eigenvalue weighted by Crippen LogP contribution is 2.27. The average molecular weight is 383 g/mol. The Morgan fingerprint density at radius 2 is 2.00 bits per heavy atom. The van der Waals surface area contributed by atoms with Gasteiger partial charge in [-0.3, -0.25) is 4.79 Å². The Balaban J connectivity index is 1.53. The van der Waals surface area contributed by atoms with Crippen molar-refractivity contribution in [3.63, 3.8) is 0 Å². The molecule has 0 unspecified atom stereocenters. The van der Waals surface area contributed by atoms with E-state index in [1.165, 1.54) is 4.90 Å². The minimum atomic E-state index is -2.98. The number of hydrogen-bond donors (Lipinski definition) is 2. The van der Waals surface area contributed by atoms with Crippen LogP contribution in [0, 0.1) is 0 Å². The molecule has 2 aliphatic rings. The maximum atomic E-state index is 12.5. The third kappa shape index (κ3) is 4.29. The zero-order valence-corrected chi connectivity index (χ0v) is 16.2. The quantitative estimate of drug-likeness (QED) is 0.689. The molecule has 0 bridgehead atoms. The van der Waals surface area contributed by atoms with Crippen LogP contribution in [0.2, 0.25) is 0 Å². The van der Waals surface area contributed by atoms with E-state index in [1.807, 2.05) is 25.1 Å². The molecule has 0 aromatic heterocycles. The second-order valence-electron chi connectivity index (χ2n) is 7.15. The zero-order valence-electron chi connectivity index (χ0n) is 15.4. The van der Waals surface area contributed by atoms with E-state index < -0.39 is 9.84 Å². The van der Waals surface area contributed by atoms with E-state index in [-0.39, 0.29) is 29.5 Å². The van der Waals surface area contributed by atoms with Crippen LogP contribution < -0.4 is 19.9 Å². The van der Waals surface area contributed by atoms with Crippen molar-refractivity contribution >= 4 is 21.4 Å². The van der Waals surface area contributed by atoms with Crippen LogP contribution in [0.3, 0.4) is 0 Å². The van der Waals surface area contributed by atoms with Gasteiger partial charge in [-0.25, -0.2) is 8.42 Å². The van der Waals surface area contributed by atoms with Gasteiger partial charge in [0.05, 0.1) is 50.5 Å². The van der Waals surface area contributed by atoms with Crippen LogP contribution in [0.5, 0.6) is 5.75 Å². The Hall–Kier alpha value is -1.80. The molecule has 2 fully saturated rings. The lowest BCUT2D eigenvalue weighted by molar-refractivity contribution is -0.914. The number of quaternary nitrogens is 1. The van der Waals surface area contributed by atoms with Gasteiger partial charge in [0.2, 0.25) is 0 Å². The predicted molar refractivity (Wildman–Crippen MR) is 101 cm³/mol. The van der Waals surface area contributed by atoms with Gasteiger partial charge in [-0.05, 0) is 25.5 Å². The van der Waals surface area contributed by atoms with Gasteiger partial charge in [0.15, 0.2) is 15.9 Å². The van der Waals surface area contributed by atoms with Gasteiger partial charge in [-0.15, -0.1) is 0 Å². The minimum Gasteiger partial charge on any atom is -0.495 e. The molecule has 0 radical (unpaired) electrons. The molecular weight excluding hydrogens is 354 g/mol. The summed E-state index contributed by atoms with van der Waals surface area (Å²) in [6, 6.07) is 7.56. The summed E-state index contributed by atoms with van der Waals surface area (Å²) in [7, 11) is -1.30. The Morgan fingerprint density at radius 3 is 2.62 bits per heavy atom. The number of methoxy groups -OCH3 is 1. The number of nitrogens with zero attached hydrogens (tertiary/aromatic N) is 1. The molecule has 2 N–H and O–H groups in total. The fourth-order valence-electron chi connectivity index (χ4n) is 3.78. The Labute approximate surface area is 155 Å². The lowest BCUT2D eigenvalue weighted by atomic mass is 10.1. The monoisotopic (exact) mass is 382 g/mol. The fraction of sp³-hybridized carbons (Fsp3) is 0.611. The van der Waals surface area contributed by atoms with Crippen LogP contribution >= 0.6 is 0 Å². The normalized spacial score (nSPS) is 24.2. The fourth-order valence-corrected chi connectivity index (χ4v) is 5.45. The second kappa shape index (κ2) is 7.84. The van der Waals surface area contributed by atoms with Gasteiger partial charge in [-0.1, -0.05) is 12.1 Å². The van der Waals surface area contributed by atoms with E-state index in [1.54, 1.807) is 7.11 Å². The highest BCUT2D eigenvalue weighted by molar-refractivity contribution is 7.91. The smallest absolute Gasteiger partial charge is 0.278 e. The lowest BCUT2D eigenvalue weighted by Crippen LogP contribution is -3.19. The summed E-state index contributed by atoms with van der Waals surface area (Å²) < 4.78 is 28.5. The van der Waals surface area contributed by atoms with E-state index in [0.717, 1.165) is 37.6 Å². The van der Waals surface area contributed by atoms with Crippen molar-refractivity contribution in [2.75, 3.05) is 49.7 Å². The van der Waals surface area contributed by atoms with Gasteiger partial charge in [-0.2, -0.15) is 0 Å². The Morgan fingerprint density at radius 1 is 1.31 bits per heavy atom. The highest BCUT2D eigenvalue weighted by Gasteiger charge is 2.34. The van der Waals surface area contributed by atoms with Crippen molar-refractivity contribution in [2.45, 2.75) is 25.4 Å². The zero-order chi connectivity index (χ0) is 18.7. The number of nitrogens with one attached hydrogen (secondary N) is 2. The number of para-hydroxylation sites is 2.